The van der Waals surface area contributed by atoms with Crippen LogP contribution < -0.4 is 0 Å². The first kappa shape index (κ1) is 14.4. The third-order valence-corrected chi connectivity index (χ3v) is 3.39. The van der Waals surface area contributed by atoms with Crippen LogP contribution in [0.4, 0.5) is 0 Å². The number of benzene rings is 2. The van der Waals surface area contributed by atoms with Crippen molar-refractivity contribution in [3.63, 3.8) is 0 Å². The molecule has 2 aromatic carbocycles. The molecule has 0 spiro atoms. The molecule has 0 aliphatic carbocycles. The topological polar surface area (TPSA) is 26.3 Å². The van der Waals surface area contributed by atoms with E-state index in [1.165, 1.54) is 13.2 Å². The van der Waals surface area contributed by atoms with Crippen molar-refractivity contribution in [1.82, 2.24) is 0 Å². The third kappa shape index (κ3) is 3.28. The van der Waals surface area contributed by atoms with E-state index < -0.39 is 0 Å². The van der Waals surface area contributed by atoms with Crippen LogP contribution in [0, 0.1) is 0 Å². The monoisotopic (exact) mass is 286 g/mol. The van der Waals surface area contributed by atoms with E-state index in [1.807, 2.05) is 55.5 Å². The molecule has 0 heterocycles. The van der Waals surface area contributed by atoms with Gasteiger partial charge in [-0.05, 0) is 29.7 Å². The Morgan fingerprint density at radius 1 is 1.10 bits per heavy atom. The summed E-state index contributed by atoms with van der Waals surface area (Å²) in [5.74, 6) is -0.349. The van der Waals surface area contributed by atoms with Gasteiger partial charge >= 0.3 is 5.97 Å². The Balaban J connectivity index is 2.29. The zero-order chi connectivity index (χ0) is 14.5. The summed E-state index contributed by atoms with van der Waals surface area (Å²) in [7, 11) is 1.37. The summed E-state index contributed by atoms with van der Waals surface area (Å²) in [5.41, 5.74) is 3.88. The molecule has 0 bridgehead atoms. The van der Waals surface area contributed by atoms with Crippen molar-refractivity contribution in [3.8, 4) is 11.1 Å². The van der Waals surface area contributed by atoms with Crippen LogP contribution in [0.1, 0.15) is 12.5 Å². The van der Waals surface area contributed by atoms with Crippen molar-refractivity contribution >= 4 is 23.1 Å². The molecule has 2 nitrogen and oxygen atoms in total. The second-order valence-electron chi connectivity index (χ2n) is 4.41. The van der Waals surface area contributed by atoms with Gasteiger partial charge in [-0.2, -0.15) is 0 Å². The molecule has 0 atom stereocenters. The van der Waals surface area contributed by atoms with E-state index in [9.17, 15) is 4.79 Å². The fourth-order valence-corrected chi connectivity index (χ4v) is 2.17. The minimum atomic E-state index is -0.349. The molecule has 0 aliphatic rings. The van der Waals surface area contributed by atoms with Crippen LogP contribution >= 0.6 is 11.6 Å². The fraction of sp³-hybridized carbons (Fsp3) is 0.118. The fourth-order valence-electron chi connectivity index (χ4n) is 1.93. The normalized spacial score (nSPS) is 11.2. The standard InChI is InChI=1S/C17H15ClO2/c1-12(11-17(19)20-2)13-7-9-14(10-8-13)15-5-3-4-6-16(15)18/h3-11H,1-2H3/b12-11+. The summed E-state index contributed by atoms with van der Waals surface area (Å²) in [5, 5.41) is 0.724. The molecule has 3 heteroatoms. The van der Waals surface area contributed by atoms with Crippen molar-refractivity contribution in [2.24, 2.45) is 0 Å². The van der Waals surface area contributed by atoms with E-state index in [0.29, 0.717) is 0 Å². The number of halogens is 1. The molecule has 0 aliphatic heterocycles. The van der Waals surface area contributed by atoms with E-state index in [4.69, 9.17) is 11.6 Å². The second kappa shape index (κ2) is 6.40. The maximum atomic E-state index is 11.2. The summed E-state index contributed by atoms with van der Waals surface area (Å²) >= 11 is 6.18. The molecular formula is C17H15ClO2. The molecule has 0 aromatic heterocycles. The number of hydrogen-bond donors (Lipinski definition) is 0. The van der Waals surface area contributed by atoms with Gasteiger partial charge in [-0.1, -0.05) is 54.1 Å². The van der Waals surface area contributed by atoms with Gasteiger partial charge in [-0.15, -0.1) is 0 Å². The van der Waals surface area contributed by atoms with Crippen LogP contribution in [-0.4, -0.2) is 13.1 Å². The Hall–Kier alpha value is -2.06. The number of carbonyl (C=O) groups excluding carboxylic acids is 1. The molecule has 0 saturated carbocycles. The summed E-state index contributed by atoms with van der Waals surface area (Å²) in [6.45, 7) is 1.88. The Bertz CT molecular complexity index is 642. The molecule has 0 unspecified atom stereocenters. The molecule has 0 saturated heterocycles. The van der Waals surface area contributed by atoms with Crippen molar-refractivity contribution in [2.75, 3.05) is 7.11 Å². The Morgan fingerprint density at radius 3 is 2.35 bits per heavy atom. The summed E-state index contributed by atoms with van der Waals surface area (Å²) < 4.78 is 4.62. The lowest BCUT2D eigenvalue weighted by Crippen LogP contribution is -1.95. The predicted molar refractivity (Wildman–Crippen MR) is 82.6 cm³/mol. The lowest BCUT2D eigenvalue weighted by atomic mass is 10.0. The predicted octanol–water partition coefficient (Wildman–Crippen LogP) is 4.58. The van der Waals surface area contributed by atoms with E-state index in [2.05, 4.69) is 4.74 Å². The van der Waals surface area contributed by atoms with Crippen LogP contribution in [0.25, 0.3) is 16.7 Å². The highest BCUT2D eigenvalue weighted by atomic mass is 35.5. The molecule has 2 aromatic rings. The van der Waals surface area contributed by atoms with E-state index >= 15 is 0 Å². The van der Waals surface area contributed by atoms with Gasteiger partial charge in [-0.3, -0.25) is 0 Å². The van der Waals surface area contributed by atoms with Gasteiger partial charge in [0.1, 0.15) is 0 Å². The molecule has 0 fully saturated rings. The summed E-state index contributed by atoms with van der Waals surface area (Å²) in [6, 6.07) is 15.6. The van der Waals surface area contributed by atoms with Crippen molar-refractivity contribution in [2.45, 2.75) is 6.92 Å². The summed E-state index contributed by atoms with van der Waals surface area (Å²) in [4.78, 5) is 11.2. The van der Waals surface area contributed by atoms with E-state index in [0.717, 1.165) is 27.3 Å². The largest absolute Gasteiger partial charge is 0.466 e. The molecule has 2 rings (SSSR count). The maximum Gasteiger partial charge on any atom is 0.330 e. The number of ether oxygens (including phenoxy) is 1. The van der Waals surface area contributed by atoms with Crippen LogP contribution in [0.15, 0.2) is 54.6 Å². The van der Waals surface area contributed by atoms with Gasteiger partial charge in [0.25, 0.3) is 0 Å². The van der Waals surface area contributed by atoms with Crippen LogP contribution in [0.5, 0.6) is 0 Å². The van der Waals surface area contributed by atoms with Crippen molar-refractivity contribution in [3.05, 3.63) is 65.2 Å². The highest BCUT2D eigenvalue weighted by molar-refractivity contribution is 6.33. The number of rotatable bonds is 3. The van der Waals surface area contributed by atoms with Crippen LogP contribution in [0.3, 0.4) is 0 Å². The lowest BCUT2D eigenvalue weighted by molar-refractivity contribution is -0.134. The first-order valence-electron chi connectivity index (χ1n) is 6.23. The van der Waals surface area contributed by atoms with Crippen LogP contribution in [-0.2, 0) is 9.53 Å². The number of methoxy groups -OCH3 is 1. The minimum Gasteiger partial charge on any atom is -0.466 e. The van der Waals surface area contributed by atoms with Gasteiger partial charge in [0, 0.05) is 16.7 Å². The van der Waals surface area contributed by atoms with Crippen molar-refractivity contribution < 1.29 is 9.53 Å². The van der Waals surface area contributed by atoms with Crippen LogP contribution in [0.2, 0.25) is 5.02 Å². The van der Waals surface area contributed by atoms with E-state index in [1.54, 1.807) is 0 Å². The highest BCUT2D eigenvalue weighted by Gasteiger charge is 2.04. The van der Waals surface area contributed by atoms with Gasteiger partial charge < -0.3 is 4.74 Å². The van der Waals surface area contributed by atoms with Gasteiger partial charge in [0.05, 0.1) is 7.11 Å². The number of esters is 1. The van der Waals surface area contributed by atoms with Gasteiger partial charge in [-0.25, -0.2) is 4.79 Å². The highest BCUT2D eigenvalue weighted by Crippen LogP contribution is 2.28. The Morgan fingerprint density at radius 2 is 1.75 bits per heavy atom. The molecule has 20 heavy (non-hydrogen) atoms. The Kier molecular flexibility index (Phi) is 4.59. The molecular weight excluding hydrogens is 272 g/mol. The van der Waals surface area contributed by atoms with E-state index in [-0.39, 0.29) is 5.97 Å². The first-order chi connectivity index (χ1) is 9.61. The Labute approximate surface area is 123 Å². The number of hydrogen-bond acceptors (Lipinski definition) is 2. The minimum absolute atomic E-state index is 0.349. The maximum absolute atomic E-state index is 11.2. The molecule has 102 valence electrons. The van der Waals surface area contributed by atoms with Gasteiger partial charge in [0.15, 0.2) is 0 Å². The zero-order valence-corrected chi connectivity index (χ0v) is 12.1. The van der Waals surface area contributed by atoms with Gasteiger partial charge in [0.2, 0.25) is 0 Å². The molecule has 0 N–H and O–H groups in total. The zero-order valence-electron chi connectivity index (χ0n) is 11.4. The number of carbonyl (C=O) groups is 1. The smallest absolute Gasteiger partial charge is 0.330 e. The first-order valence-corrected chi connectivity index (χ1v) is 6.61. The lowest BCUT2D eigenvalue weighted by Gasteiger charge is -2.06. The number of allylic oxidation sites excluding steroid dienone is 1. The summed E-state index contributed by atoms with van der Waals surface area (Å²) in [6.07, 6.45) is 1.48. The second-order valence-corrected chi connectivity index (χ2v) is 4.81. The molecule has 0 amide bonds. The SMILES string of the molecule is COC(=O)/C=C(\C)c1ccc(-c2ccccc2Cl)cc1. The van der Waals surface area contributed by atoms with Crippen molar-refractivity contribution in [1.29, 1.82) is 0 Å². The third-order valence-electron chi connectivity index (χ3n) is 3.06. The average molecular weight is 287 g/mol. The quantitative estimate of drug-likeness (QED) is 0.610. The molecule has 0 radical (unpaired) electrons. The average Bonchev–Trinajstić information content (AvgIpc) is 2.47.